The lowest BCUT2D eigenvalue weighted by molar-refractivity contribution is -0.124. The molecule has 0 radical (unpaired) electrons. The maximum absolute atomic E-state index is 11.3. The Hall–Kier alpha value is -0.570. The molecule has 1 saturated heterocycles. The summed E-state index contributed by atoms with van der Waals surface area (Å²) in [5, 5.41) is 12.4. The van der Waals surface area contributed by atoms with Gasteiger partial charge in [-0.2, -0.15) is 0 Å². The van der Waals surface area contributed by atoms with Crippen LogP contribution in [0.1, 0.15) is 25.7 Å². The van der Waals surface area contributed by atoms with Crippen molar-refractivity contribution >= 4 is 5.91 Å². The molecule has 0 aromatic carbocycles. The minimum Gasteiger partial charge on any atom is -0.393 e. The molecule has 3 unspecified atom stereocenters. The summed E-state index contributed by atoms with van der Waals surface area (Å²) in [6, 6.07) is 0. The van der Waals surface area contributed by atoms with E-state index in [0.717, 1.165) is 32.2 Å². The molecular weight excluding hydrogens is 154 g/mol. The minimum atomic E-state index is -0.223. The number of hydrogen-bond donors (Lipinski definition) is 2. The molecule has 1 amide bonds. The molecule has 3 atom stereocenters. The largest absolute Gasteiger partial charge is 0.393 e. The topological polar surface area (TPSA) is 49.3 Å². The van der Waals surface area contributed by atoms with Gasteiger partial charge in [-0.1, -0.05) is 6.42 Å². The molecule has 3 nitrogen and oxygen atoms in total. The fourth-order valence-electron chi connectivity index (χ4n) is 2.46. The molecular formula is C9H15NO2. The lowest BCUT2D eigenvalue weighted by atomic mass is 9.88. The summed E-state index contributed by atoms with van der Waals surface area (Å²) in [6.07, 6.45) is 3.68. The average Bonchev–Trinajstić information content (AvgIpc) is 2.59. The highest BCUT2D eigenvalue weighted by Crippen LogP contribution is 2.34. The van der Waals surface area contributed by atoms with E-state index in [4.69, 9.17) is 0 Å². The van der Waals surface area contributed by atoms with Gasteiger partial charge in [0, 0.05) is 12.5 Å². The normalized spacial score (nSPS) is 41.8. The maximum atomic E-state index is 11.3. The van der Waals surface area contributed by atoms with E-state index < -0.39 is 0 Å². The van der Waals surface area contributed by atoms with Crippen LogP contribution in [0.5, 0.6) is 0 Å². The van der Waals surface area contributed by atoms with Crippen LogP contribution in [0.4, 0.5) is 0 Å². The van der Waals surface area contributed by atoms with Gasteiger partial charge in [-0.05, 0) is 25.2 Å². The molecule has 68 valence electrons. The zero-order chi connectivity index (χ0) is 8.55. The molecule has 3 heteroatoms. The van der Waals surface area contributed by atoms with Gasteiger partial charge >= 0.3 is 0 Å². The summed E-state index contributed by atoms with van der Waals surface area (Å²) in [4.78, 5) is 11.3. The van der Waals surface area contributed by atoms with Crippen LogP contribution in [0.3, 0.4) is 0 Å². The highest BCUT2D eigenvalue weighted by molar-refractivity contribution is 5.81. The van der Waals surface area contributed by atoms with Crippen molar-refractivity contribution in [3.05, 3.63) is 0 Å². The summed E-state index contributed by atoms with van der Waals surface area (Å²) in [5.41, 5.74) is 0. The number of aliphatic hydroxyl groups excluding tert-OH is 1. The Labute approximate surface area is 72.2 Å². The van der Waals surface area contributed by atoms with Crippen molar-refractivity contribution in [2.75, 3.05) is 6.54 Å². The van der Waals surface area contributed by atoms with Crippen molar-refractivity contribution in [3.8, 4) is 0 Å². The van der Waals surface area contributed by atoms with Crippen LogP contribution in [0.2, 0.25) is 0 Å². The van der Waals surface area contributed by atoms with Crippen molar-refractivity contribution in [1.29, 1.82) is 0 Å². The summed E-state index contributed by atoms with van der Waals surface area (Å²) in [6.45, 7) is 0.798. The molecule has 12 heavy (non-hydrogen) atoms. The first-order chi connectivity index (χ1) is 5.79. The fourth-order valence-corrected chi connectivity index (χ4v) is 2.46. The van der Waals surface area contributed by atoms with Crippen LogP contribution >= 0.6 is 0 Å². The summed E-state index contributed by atoms with van der Waals surface area (Å²) >= 11 is 0. The molecule has 1 aliphatic heterocycles. The van der Waals surface area contributed by atoms with Crippen molar-refractivity contribution in [2.24, 2.45) is 11.8 Å². The van der Waals surface area contributed by atoms with Crippen molar-refractivity contribution in [2.45, 2.75) is 31.8 Å². The number of amides is 1. The van der Waals surface area contributed by atoms with Gasteiger partial charge in [0.1, 0.15) is 0 Å². The van der Waals surface area contributed by atoms with E-state index in [2.05, 4.69) is 5.32 Å². The lowest BCUT2D eigenvalue weighted by Crippen LogP contribution is -2.29. The zero-order valence-corrected chi connectivity index (χ0v) is 7.12. The minimum absolute atomic E-state index is 0.0995. The predicted octanol–water partition coefficient (Wildman–Crippen LogP) is 0.283. The summed E-state index contributed by atoms with van der Waals surface area (Å²) < 4.78 is 0. The van der Waals surface area contributed by atoms with E-state index >= 15 is 0 Å². The first-order valence-electron chi connectivity index (χ1n) is 4.75. The summed E-state index contributed by atoms with van der Waals surface area (Å²) in [5.74, 6) is 0.496. The van der Waals surface area contributed by atoms with E-state index in [1.54, 1.807) is 0 Å². The number of carbonyl (C=O) groups excluding carboxylic acids is 1. The van der Waals surface area contributed by atoms with Crippen molar-refractivity contribution < 1.29 is 9.90 Å². The highest BCUT2D eigenvalue weighted by Gasteiger charge is 2.38. The average molecular weight is 169 g/mol. The van der Waals surface area contributed by atoms with Crippen molar-refractivity contribution in [3.63, 3.8) is 0 Å². The van der Waals surface area contributed by atoms with Crippen LogP contribution in [0, 0.1) is 11.8 Å². The smallest absolute Gasteiger partial charge is 0.223 e. The first-order valence-corrected chi connectivity index (χ1v) is 4.75. The van der Waals surface area contributed by atoms with E-state index in [-0.39, 0.29) is 23.8 Å². The first kappa shape index (κ1) is 8.05. The molecule has 1 saturated carbocycles. The molecule has 0 aromatic heterocycles. The third kappa shape index (κ3) is 1.22. The Bertz CT molecular complexity index is 193. The van der Waals surface area contributed by atoms with Crippen molar-refractivity contribution in [1.82, 2.24) is 5.32 Å². The second-order valence-corrected chi connectivity index (χ2v) is 3.85. The van der Waals surface area contributed by atoms with Gasteiger partial charge in [0.2, 0.25) is 5.91 Å². The SMILES string of the molecule is O=C1NCCC1C1CCCC1O. The molecule has 2 aliphatic rings. The van der Waals surface area contributed by atoms with Gasteiger partial charge in [0.25, 0.3) is 0 Å². The standard InChI is InChI=1S/C9H15NO2/c11-8-3-1-2-6(8)7-4-5-10-9(7)12/h6-8,11H,1-5H2,(H,10,12). The number of nitrogens with one attached hydrogen (secondary N) is 1. The zero-order valence-electron chi connectivity index (χ0n) is 7.12. The van der Waals surface area contributed by atoms with Crippen LogP contribution in [0.25, 0.3) is 0 Å². The quantitative estimate of drug-likeness (QED) is 0.592. The van der Waals surface area contributed by atoms with Crippen LogP contribution in [-0.2, 0) is 4.79 Å². The number of rotatable bonds is 1. The Morgan fingerprint density at radius 3 is 2.67 bits per heavy atom. The second-order valence-electron chi connectivity index (χ2n) is 3.85. The van der Waals surface area contributed by atoms with E-state index in [1.807, 2.05) is 0 Å². The Kier molecular flexibility index (Phi) is 2.05. The monoisotopic (exact) mass is 169 g/mol. The van der Waals surface area contributed by atoms with E-state index in [1.165, 1.54) is 0 Å². The number of hydrogen-bond acceptors (Lipinski definition) is 2. The predicted molar refractivity (Wildman–Crippen MR) is 44.5 cm³/mol. The second kappa shape index (κ2) is 3.05. The van der Waals surface area contributed by atoms with Crippen LogP contribution in [0.15, 0.2) is 0 Å². The Morgan fingerprint density at radius 2 is 2.17 bits per heavy atom. The highest BCUT2D eigenvalue weighted by atomic mass is 16.3. The van der Waals surface area contributed by atoms with Gasteiger partial charge in [-0.3, -0.25) is 4.79 Å². The Balaban J connectivity index is 2.03. The number of aliphatic hydroxyl groups is 1. The van der Waals surface area contributed by atoms with Gasteiger partial charge in [0.15, 0.2) is 0 Å². The summed E-state index contributed by atoms with van der Waals surface area (Å²) in [7, 11) is 0. The molecule has 0 aromatic rings. The maximum Gasteiger partial charge on any atom is 0.223 e. The van der Waals surface area contributed by atoms with Gasteiger partial charge in [0.05, 0.1) is 6.10 Å². The van der Waals surface area contributed by atoms with E-state index in [9.17, 15) is 9.90 Å². The third-order valence-electron chi connectivity index (χ3n) is 3.14. The molecule has 0 spiro atoms. The van der Waals surface area contributed by atoms with Gasteiger partial charge in [-0.15, -0.1) is 0 Å². The Morgan fingerprint density at radius 1 is 1.33 bits per heavy atom. The van der Waals surface area contributed by atoms with E-state index in [0.29, 0.717) is 0 Å². The molecule has 1 aliphatic carbocycles. The molecule has 2 N–H and O–H groups in total. The third-order valence-corrected chi connectivity index (χ3v) is 3.14. The fraction of sp³-hybridized carbons (Fsp3) is 0.889. The van der Waals surface area contributed by atoms with Crippen LogP contribution < -0.4 is 5.32 Å². The lowest BCUT2D eigenvalue weighted by Gasteiger charge is -2.18. The molecule has 1 heterocycles. The molecule has 2 fully saturated rings. The van der Waals surface area contributed by atoms with Crippen LogP contribution in [-0.4, -0.2) is 23.7 Å². The van der Waals surface area contributed by atoms with Gasteiger partial charge < -0.3 is 10.4 Å². The molecule has 0 bridgehead atoms. The number of carbonyl (C=O) groups is 1. The van der Waals surface area contributed by atoms with Gasteiger partial charge in [-0.25, -0.2) is 0 Å². The molecule has 2 rings (SSSR count).